The van der Waals surface area contributed by atoms with E-state index in [0.717, 1.165) is 13.1 Å². The third kappa shape index (κ3) is 3.03. The molecule has 1 aliphatic heterocycles. The van der Waals surface area contributed by atoms with Crippen LogP contribution in [0, 0.1) is 6.92 Å². The molecule has 0 saturated carbocycles. The lowest BCUT2D eigenvalue weighted by Gasteiger charge is -2.36. The minimum Gasteiger partial charge on any atom is -0.368 e. The third-order valence-corrected chi connectivity index (χ3v) is 3.94. The van der Waals surface area contributed by atoms with Crippen LogP contribution in [0.1, 0.15) is 16.1 Å². The van der Waals surface area contributed by atoms with Crippen molar-refractivity contribution >= 4 is 11.6 Å². The molecule has 1 fully saturated rings. The molecule has 2 aromatic rings. The molecule has 3 rings (SSSR count). The summed E-state index contributed by atoms with van der Waals surface area (Å²) in [5, 5.41) is 0. The summed E-state index contributed by atoms with van der Waals surface area (Å²) in [6.45, 7) is 4.99. The van der Waals surface area contributed by atoms with Gasteiger partial charge in [-0.15, -0.1) is 0 Å². The molecule has 1 aromatic heterocycles. The first-order chi connectivity index (χ1) is 10.6. The second kappa shape index (κ2) is 6.05. The number of aromatic nitrogens is 1. The van der Waals surface area contributed by atoms with Gasteiger partial charge in [-0.3, -0.25) is 9.59 Å². The molecule has 0 radical (unpaired) electrons. The van der Waals surface area contributed by atoms with Gasteiger partial charge in [0, 0.05) is 50.2 Å². The zero-order valence-corrected chi connectivity index (χ0v) is 12.6. The highest BCUT2D eigenvalue weighted by atomic mass is 16.2. The number of rotatable bonds is 2. The normalized spacial score (nSPS) is 15.0. The van der Waals surface area contributed by atoms with Crippen LogP contribution in [0.25, 0.3) is 0 Å². The number of aryl methyl sites for hydroxylation is 1. The number of piperazine rings is 1. The van der Waals surface area contributed by atoms with Crippen LogP contribution in [0.3, 0.4) is 0 Å². The predicted octanol–water partition coefficient (Wildman–Crippen LogP) is 1.65. The smallest absolute Gasteiger partial charge is 0.270 e. The Balaban J connectivity index is 1.67. The Hall–Kier alpha value is -2.56. The van der Waals surface area contributed by atoms with E-state index in [0.29, 0.717) is 18.8 Å². The molecular formula is C17H19N3O2. The van der Waals surface area contributed by atoms with Crippen molar-refractivity contribution in [2.75, 3.05) is 31.1 Å². The molecule has 1 saturated heterocycles. The molecule has 0 spiro atoms. The lowest BCUT2D eigenvalue weighted by atomic mass is 10.2. The summed E-state index contributed by atoms with van der Waals surface area (Å²) in [7, 11) is 0. The van der Waals surface area contributed by atoms with Crippen molar-refractivity contribution in [2.45, 2.75) is 6.92 Å². The molecule has 1 aliphatic rings. The maximum absolute atomic E-state index is 12.4. The molecule has 0 aliphatic carbocycles. The van der Waals surface area contributed by atoms with Crippen LogP contribution < -0.4 is 10.3 Å². The fraction of sp³-hybridized carbons (Fsp3) is 0.294. The van der Waals surface area contributed by atoms with Gasteiger partial charge in [0.15, 0.2) is 5.43 Å². The van der Waals surface area contributed by atoms with Gasteiger partial charge in [0.25, 0.3) is 5.91 Å². The van der Waals surface area contributed by atoms with Crippen molar-refractivity contribution in [1.29, 1.82) is 0 Å². The summed E-state index contributed by atoms with van der Waals surface area (Å²) in [5.41, 5.74) is 2.63. The number of benzene rings is 1. The number of pyridine rings is 1. The molecule has 22 heavy (non-hydrogen) atoms. The molecule has 1 amide bonds. The molecule has 114 valence electrons. The summed E-state index contributed by atoms with van der Waals surface area (Å²) in [6.07, 6.45) is 1.51. The van der Waals surface area contributed by atoms with E-state index in [1.807, 2.05) is 0 Å². The highest BCUT2D eigenvalue weighted by Crippen LogP contribution is 2.18. The molecule has 1 aromatic carbocycles. The van der Waals surface area contributed by atoms with Crippen molar-refractivity contribution in [3.05, 3.63) is 64.1 Å². The fourth-order valence-corrected chi connectivity index (χ4v) is 2.73. The summed E-state index contributed by atoms with van der Waals surface area (Å²) in [6, 6.07) is 11.2. The van der Waals surface area contributed by atoms with Crippen molar-refractivity contribution < 1.29 is 4.79 Å². The van der Waals surface area contributed by atoms with Crippen molar-refractivity contribution in [3.8, 4) is 0 Å². The number of H-pyrrole nitrogens is 1. The first-order valence-corrected chi connectivity index (χ1v) is 7.43. The summed E-state index contributed by atoms with van der Waals surface area (Å²) < 4.78 is 0. The van der Waals surface area contributed by atoms with Crippen molar-refractivity contribution in [2.24, 2.45) is 0 Å². The molecule has 5 nitrogen and oxygen atoms in total. The maximum atomic E-state index is 12.4. The van der Waals surface area contributed by atoms with Crippen LogP contribution in [0.15, 0.2) is 47.4 Å². The van der Waals surface area contributed by atoms with Crippen LogP contribution in [0.2, 0.25) is 0 Å². The second-order valence-electron chi connectivity index (χ2n) is 5.56. The first-order valence-electron chi connectivity index (χ1n) is 7.43. The zero-order valence-electron chi connectivity index (χ0n) is 12.6. The Kier molecular flexibility index (Phi) is 3.96. The van der Waals surface area contributed by atoms with E-state index in [1.165, 1.54) is 29.6 Å². The first kappa shape index (κ1) is 14.4. The van der Waals surface area contributed by atoms with Gasteiger partial charge < -0.3 is 14.8 Å². The molecule has 2 heterocycles. The Labute approximate surface area is 129 Å². The standard InChI is InChI=1S/C17H19N3O2/c1-13-3-2-4-14(11-13)19-7-9-20(10-8-19)17(22)16-12-15(21)5-6-18-16/h2-6,11-12H,7-10H2,1H3,(H,18,21). The number of carbonyl (C=O) groups excluding carboxylic acids is 1. The van der Waals surface area contributed by atoms with Gasteiger partial charge in [-0.25, -0.2) is 0 Å². The van der Waals surface area contributed by atoms with Gasteiger partial charge in [0.2, 0.25) is 0 Å². The quantitative estimate of drug-likeness (QED) is 0.917. The van der Waals surface area contributed by atoms with E-state index in [-0.39, 0.29) is 11.3 Å². The molecule has 0 bridgehead atoms. The highest BCUT2D eigenvalue weighted by molar-refractivity contribution is 5.92. The van der Waals surface area contributed by atoms with Crippen molar-refractivity contribution in [1.82, 2.24) is 9.88 Å². The summed E-state index contributed by atoms with van der Waals surface area (Å²) in [4.78, 5) is 30.7. The second-order valence-corrected chi connectivity index (χ2v) is 5.56. The topological polar surface area (TPSA) is 56.4 Å². The Bertz CT molecular complexity index is 730. The van der Waals surface area contributed by atoms with E-state index in [9.17, 15) is 9.59 Å². The van der Waals surface area contributed by atoms with Gasteiger partial charge >= 0.3 is 0 Å². The van der Waals surface area contributed by atoms with Gasteiger partial charge in [0.1, 0.15) is 5.69 Å². The van der Waals surface area contributed by atoms with Crippen LogP contribution in [-0.2, 0) is 0 Å². The zero-order chi connectivity index (χ0) is 15.5. The highest BCUT2D eigenvalue weighted by Gasteiger charge is 2.22. The third-order valence-electron chi connectivity index (χ3n) is 3.94. The van der Waals surface area contributed by atoms with Crippen LogP contribution >= 0.6 is 0 Å². The van der Waals surface area contributed by atoms with Crippen LogP contribution in [0.4, 0.5) is 5.69 Å². The molecule has 0 atom stereocenters. The van der Waals surface area contributed by atoms with E-state index in [4.69, 9.17) is 0 Å². The number of nitrogens with one attached hydrogen (secondary N) is 1. The van der Waals surface area contributed by atoms with Gasteiger partial charge in [-0.2, -0.15) is 0 Å². The summed E-state index contributed by atoms with van der Waals surface area (Å²) >= 11 is 0. The fourth-order valence-electron chi connectivity index (χ4n) is 2.73. The van der Waals surface area contributed by atoms with E-state index in [1.54, 1.807) is 4.90 Å². The summed E-state index contributed by atoms with van der Waals surface area (Å²) in [5.74, 6) is -0.110. The number of nitrogens with zero attached hydrogens (tertiary/aromatic N) is 2. The average Bonchev–Trinajstić information content (AvgIpc) is 2.54. The molecule has 5 heteroatoms. The lowest BCUT2D eigenvalue weighted by molar-refractivity contribution is 0.0740. The number of amides is 1. The number of hydrogen-bond donors (Lipinski definition) is 1. The average molecular weight is 297 g/mol. The maximum Gasteiger partial charge on any atom is 0.270 e. The van der Waals surface area contributed by atoms with Crippen molar-refractivity contribution in [3.63, 3.8) is 0 Å². The van der Waals surface area contributed by atoms with Gasteiger partial charge in [-0.1, -0.05) is 12.1 Å². The predicted molar refractivity (Wildman–Crippen MR) is 86.4 cm³/mol. The number of hydrogen-bond acceptors (Lipinski definition) is 3. The minimum absolute atomic E-state index is 0.110. The Morgan fingerprint density at radius 3 is 2.55 bits per heavy atom. The van der Waals surface area contributed by atoms with Crippen LogP contribution in [-0.4, -0.2) is 42.0 Å². The minimum atomic E-state index is -0.152. The van der Waals surface area contributed by atoms with E-state index in [2.05, 4.69) is 41.1 Å². The lowest BCUT2D eigenvalue weighted by Crippen LogP contribution is -2.49. The van der Waals surface area contributed by atoms with E-state index >= 15 is 0 Å². The van der Waals surface area contributed by atoms with Gasteiger partial charge in [-0.05, 0) is 24.6 Å². The molecular weight excluding hydrogens is 278 g/mol. The number of anilines is 1. The van der Waals surface area contributed by atoms with Crippen LogP contribution in [0.5, 0.6) is 0 Å². The molecule has 0 unspecified atom stereocenters. The Morgan fingerprint density at radius 1 is 1.09 bits per heavy atom. The SMILES string of the molecule is Cc1cccc(N2CCN(C(=O)c3cc(=O)cc[nH]3)CC2)c1. The van der Waals surface area contributed by atoms with E-state index < -0.39 is 0 Å². The largest absolute Gasteiger partial charge is 0.368 e. The number of aromatic amines is 1. The number of carbonyl (C=O) groups is 1. The Morgan fingerprint density at radius 2 is 1.86 bits per heavy atom. The monoisotopic (exact) mass is 297 g/mol. The molecule has 1 N–H and O–H groups in total. The van der Waals surface area contributed by atoms with Gasteiger partial charge in [0.05, 0.1) is 0 Å².